The third-order valence-corrected chi connectivity index (χ3v) is 4.77. The highest BCUT2D eigenvalue weighted by atomic mass is 35.5. The van der Waals surface area contributed by atoms with Gasteiger partial charge in [-0.05, 0) is 42.0 Å². The molecule has 1 fully saturated rings. The van der Waals surface area contributed by atoms with Crippen LogP contribution in [0.4, 0.5) is 0 Å². The summed E-state index contributed by atoms with van der Waals surface area (Å²) in [5.74, 6) is 0.558. The molecule has 104 valence electrons. The zero-order valence-electron chi connectivity index (χ0n) is 11.0. The van der Waals surface area contributed by atoms with Crippen molar-refractivity contribution in [3.63, 3.8) is 0 Å². The van der Waals surface area contributed by atoms with Gasteiger partial charge in [0.15, 0.2) is 0 Å². The van der Waals surface area contributed by atoms with Gasteiger partial charge in [-0.3, -0.25) is 0 Å². The van der Waals surface area contributed by atoms with E-state index in [0.29, 0.717) is 21.5 Å². The van der Waals surface area contributed by atoms with Crippen molar-refractivity contribution in [2.45, 2.75) is 31.3 Å². The molecular weight excluding hydrogens is 291 g/mol. The Morgan fingerprint density at radius 2 is 1.60 bits per heavy atom. The molecule has 1 unspecified atom stereocenters. The summed E-state index contributed by atoms with van der Waals surface area (Å²) in [6.07, 6.45) is 2.88. The number of aliphatic hydroxyl groups excluding tert-OH is 1. The summed E-state index contributed by atoms with van der Waals surface area (Å²) in [4.78, 5) is 0. The van der Waals surface area contributed by atoms with Crippen molar-refractivity contribution in [1.82, 2.24) is 0 Å². The monoisotopic (exact) mass is 306 g/mol. The summed E-state index contributed by atoms with van der Waals surface area (Å²) in [6, 6.07) is 13.4. The van der Waals surface area contributed by atoms with Crippen LogP contribution in [0.2, 0.25) is 10.0 Å². The van der Waals surface area contributed by atoms with Gasteiger partial charge in [0.05, 0.1) is 0 Å². The van der Waals surface area contributed by atoms with Crippen LogP contribution in [0, 0.1) is 0 Å². The molecule has 3 heteroatoms. The molecule has 1 aliphatic carbocycles. The molecule has 0 bridgehead atoms. The van der Waals surface area contributed by atoms with Crippen LogP contribution in [-0.4, -0.2) is 5.11 Å². The van der Waals surface area contributed by atoms with Gasteiger partial charge in [-0.2, -0.15) is 0 Å². The predicted octanol–water partition coefficient (Wildman–Crippen LogP) is 5.34. The molecule has 0 heterocycles. The van der Waals surface area contributed by atoms with E-state index in [1.807, 2.05) is 18.2 Å². The molecule has 1 aliphatic rings. The van der Waals surface area contributed by atoms with E-state index >= 15 is 0 Å². The molecule has 1 saturated carbocycles. The van der Waals surface area contributed by atoms with E-state index in [9.17, 15) is 5.11 Å². The van der Waals surface area contributed by atoms with E-state index in [1.54, 1.807) is 18.2 Å². The number of halogens is 2. The van der Waals surface area contributed by atoms with Gasteiger partial charge >= 0.3 is 0 Å². The molecule has 2 aromatic rings. The highest BCUT2D eigenvalue weighted by Crippen LogP contribution is 2.42. The lowest BCUT2D eigenvalue weighted by atomic mass is 9.77. The van der Waals surface area contributed by atoms with Gasteiger partial charge in [-0.25, -0.2) is 0 Å². The molecule has 2 aromatic carbocycles. The van der Waals surface area contributed by atoms with E-state index in [1.165, 1.54) is 24.8 Å². The van der Waals surface area contributed by atoms with Crippen LogP contribution < -0.4 is 0 Å². The number of rotatable bonds is 3. The summed E-state index contributed by atoms with van der Waals surface area (Å²) in [5, 5.41) is 11.7. The summed E-state index contributed by atoms with van der Waals surface area (Å²) in [6.45, 7) is 0. The van der Waals surface area contributed by atoms with Gasteiger partial charge in [0.25, 0.3) is 0 Å². The number of hydrogen-bond acceptors (Lipinski definition) is 1. The summed E-state index contributed by atoms with van der Waals surface area (Å²) in [5.41, 5.74) is 2.75. The molecule has 1 nitrogen and oxygen atoms in total. The summed E-state index contributed by atoms with van der Waals surface area (Å²) >= 11 is 12.4. The van der Waals surface area contributed by atoms with Crippen LogP contribution in [0.3, 0.4) is 0 Å². The molecule has 0 amide bonds. The van der Waals surface area contributed by atoms with Crippen molar-refractivity contribution < 1.29 is 5.11 Å². The summed E-state index contributed by atoms with van der Waals surface area (Å²) in [7, 11) is 0. The van der Waals surface area contributed by atoms with Crippen molar-refractivity contribution in [3.05, 3.63) is 69.2 Å². The molecule has 3 rings (SSSR count). The van der Waals surface area contributed by atoms with E-state index < -0.39 is 6.10 Å². The average molecular weight is 307 g/mol. The van der Waals surface area contributed by atoms with Crippen molar-refractivity contribution in [2.75, 3.05) is 0 Å². The van der Waals surface area contributed by atoms with E-state index in [-0.39, 0.29) is 0 Å². The number of hydrogen-bond donors (Lipinski definition) is 1. The lowest BCUT2D eigenvalue weighted by Crippen LogP contribution is -2.14. The molecule has 1 atom stereocenters. The lowest BCUT2D eigenvalue weighted by Gasteiger charge is -2.29. The predicted molar refractivity (Wildman–Crippen MR) is 83.6 cm³/mol. The second-order valence-electron chi connectivity index (χ2n) is 5.29. The fourth-order valence-corrected chi connectivity index (χ4v) is 3.38. The van der Waals surface area contributed by atoms with Crippen LogP contribution in [0.25, 0.3) is 0 Å². The Labute approximate surface area is 129 Å². The first-order valence-corrected chi connectivity index (χ1v) is 7.65. The standard InChI is InChI=1S/C17H16Cl2O/c18-14-9-4-10-15(19)16(14)17(20)13-8-2-1-7-12(13)11-5-3-6-11/h1-2,4,7-11,17,20H,3,5-6H2. The Morgan fingerprint density at radius 1 is 0.950 bits per heavy atom. The Bertz CT molecular complexity index is 600. The number of aliphatic hydroxyl groups is 1. The van der Waals surface area contributed by atoms with Gasteiger partial charge in [0.1, 0.15) is 6.10 Å². The molecule has 0 aromatic heterocycles. The SMILES string of the molecule is OC(c1ccccc1C1CCC1)c1c(Cl)cccc1Cl. The number of benzene rings is 2. The van der Waals surface area contributed by atoms with Crippen molar-refractivity contribution >= 4 is 23.2 Å². The molecular formula is C17H16Cl2O. The maximum Gasteiger partial charge on any atom is 0.107 e. The Kier molecular flexibility index (Phi) is 4.02. The first-order valence-electron chi connectivity index (χ1n) is 6.89. The zero-order chi connectivity index (χ0) is 14.1. The quantitative estimate of drug-likeness (QED) is 0.811. The summed E-state index contributed by atoms with van der Waals surface area (Å²) < 4.78 is 0. The third-order valence-electron chi connectivity index (χ3n) is 4.11. The largest absolute Gasteiger partial charge is 0.384 e. The molecule has 0 saturated heterocycles. The van der Waals surface area contributed by atoms with Crippen molar-refractivity contribution in [3.8, 4) is 0 Å². The van der Waals surface area contributed by atoms with Gasteiger partial charge in [-0.1, -0.05) is 60.0 Å². The third kappa shape index (κ3) is 2.46. The van der Waals surface area contributed by atoms with Crippen molar-refractivity contribution in [1.29, 1.82) is 0 Å². The minimum atomic E-state index is -0.770. The highest BCUT2D eigenvalue weighted by Gasteiger charge is 2.26. The minimum absolute atomic E-state index is 0.508. The fourth-order valence-electron chi connectivity index (χ4n) is 2.78. The minimum Gasteiger partial charge on any atom is -0.384 e. The van der Waals surface area contributed by atoms with Gasteiger partial charge in [0, 0.05) is 15.6 Å². The second kappa shape index (κ2) is 5.77. The van der Waals surface area contributed by atoms with Crippen LogP contribution in [0.1, 0.15) is 48.0 Å². The first kappa shape index (κ1) is 13.9. The first-order chi connectivity index (χ1) is 9.68. The van der Waals surface area contributed by atoms with Crippen LogP contribution in [0.15, 0.2) is 42.5 Å². The zero-order valence-corrected chi connectivity index (χ0v) is 12.5. The normalized spacial score (nSPS) is 16.8. The molecule has 1 N–H and O–H groups in total. The van der Waals surface area contributed by atoms with Crippen molar-refractivity contribution in [2.24, 2.45) is 0 Å². The Balaban J connectivity index is 2.04. The maximum absolute atomic E-state index is 10.7. The molecule has 0 spiro atoms. The Hall–Kier alpha value is -1.02. The smallest absolute Gasteiger partial charge is 0.107 e. The van der Waals surface area contributed by atoms with E-state index in [2.05, 4.69) is 6.07 Å². The van der Waals surface area contributed by atoms with E-state index in [0.717, 1.165) is 5.56 Å². The van der Waals surface area contributed by atoms with Crippen LogP contribution in [0.5, 0.6) is 0 Å². The van der Waals surface area contributed by atoms with E-state index in [4.69, 9.17) is 23.2 Å². The van der Waals surface area contributed by atoms with Gasteiger partial charge in [0.2, 0.25) is 0 Å². The lowest BCUT2D eigenvalue weighted by molar-refractivity contribution is 0.217. The van der Waals surface area contributed by atoms with Gasteiger partial charge in [-0.15, -0.1) is 0 Å². The van der Waals surface area contributed by atoms with Crippen LogP contribution >= 0.6 is 23.2 Å². The van der Waals surface area contributed by atoms with Crippen LogP contribution in [-0.2, 0) is 0 Å². The topological polar surface area (TPSA) is 20.2 Å². The highest BCUT2D eigenvalue weighted by molar-refractivity contribution is 6.36. The molecule has 20 heavy (non-hydrogen) atoms. The van der Waals surface area contributed by atoms with Gasteiger partial charge < -0.3 is 5.11 Å². The second-order valence-corrected chi connectivity index (χ2v) is 6.11. The molecule has 0 aliphatic heterocycles. The fraction of sp³-hybridized carbons (Fsp3) is 0.294. The Morgan fingerprint density at radius 3 is 2.20 bits per heavy atom. The average Bonchev–Trinajstić information content (AvgIpc) is 2.37. The molecule has 0 radical (unpaired) electrons. The maximum atomic E-state index is 10.7.